The van der Waals surface area contributed by atoms with Crippen LogP contribution in [0.25, 0.3) is 0 Å². The number of benzene rings is 2. The minimum Gasteiger partial charge on any atom is -0.484 e. The molecule has 0 aliphatic carbocycles. The Morgan fingerprint density at radius 3 is 2.38 bits per heavy atom. The molecule has 2 aromatic carbocycles. The van der Waals surface area contributed by atoms with Gasteiger partial charge in [-0.2, -0.15) is 5.10 Å². The molecule has 9 heteroatoms. The van der Waals surface area contributed by atoms with Crippen LogP contribution < -0.4 is 15.5 Å². The fourth-order valence-corrected chi connectivity index (χ4v) is 3.75. The first kappa shape index (κ1) is 24.9. The Hall–Kier alpha value is -3.72. The van der Waals surface area contributed by atoms with Crippen LogP contribution in [-0.4, -0.2) is 40.4 Å². The molecule has 34 heavy (non-hydrogen) atoms. The molecule has 1 heterocycles. The van der Waals surface area contributed by atoms with Gasteiger partial charge in [0.1, 0.15) is 5.75 Å². The van der Waals surface area contributed by atoms with Gasteiger partial charge in [-0.05, 0) is 62.2 Å². The summed E-state index contributed by atoms with van der Waals surface area (Å²) in [5.41, 5.74) is 6.02. The second kappa shape index (κ2) is 12.5. The summed E-state index contributed by atoms with van der Waals surface area (Å²) in [5, 5.41) is 7.44. The number of hydrazone groups is 1. The highest BCUT2D eigenvalue weighted by molar-refractivity contribution is 7.99. The van der Waals surface area contributed by atoms with Gasteiger partial charge in [0.05, 0.1) is 18.0 Å². The third kappa shape index (κ3) is 8.32. The van der Waals surface area contributed by atoms with Crippen LogP contribution in [0.2, 0.25) is 0 Å². The van der Waals surface area contributed by atoms with Crippen molar-refractivity contribution in [2.24, 2.45) is 5.10 Å². The Morgan fingerprint density at radius 2 is 1.71 bits per heavy atom. The minimum absolute atomic E-state index is 0.0808. The summed E-state index contributed by atoms with van der Waals surface area (Å²) in [6, 6.07) is 18.6. The SMILES string of the molecule is Cc1cc(C)nc(SCC(=O)N/N=C\c2ccc(OCC(=O)N[C@H](C)c3ccccc3)cc2)n1. The normalized spacial score (nSPS) is 11.7. The molecule has 1 atom stereocenters. The number of carbonyl (C=O) groups is 2. The van der Waals surface area contributed by atoms with Crippen molar-refractivity contribution in [2.75, 3.05) is 12.4 Å². The third-order valence-electron chi connectivity index (χ3n) is 4.62. The average Bonchev–Trinajstić information content (AvgIpc) is 2.82. The van der Waals surface area contributed by atoms with E-state index in [1.165, 1.54) is 18.0 Å². The summed E-state index contributed by atoms with van der Waals surface area (Å²) in [4.78, 5) is 32.7. The van der Waals surface area contributed by atoms with Gasteiger partial charge in [0.25, 0.3) is 11.8 Å². The molecule has 0 saturated carbocycles. The van der Waals surface area contributed by atoms with Gasteiger partial charge in [-0.1, -0.05) is 42.1 Å². The predicted molar refractivity (Wildman–Crippen MR) is 133 cm³/mol. The number of hydrogen-bond donors (Lipinski definition) is 2. The lowest BCUT2D eigenvalue weighted by Crippen LogP contribution is -2.31. The van der Waals surface area contributed by atoms with Crippen LogP contribution in [0, 0.1) is 13.8 Å². The summed E-state index contributed by atoms with van der Waals surface area (Å²) in [7, 11) is 0. The number of hydrogen-bond acceptors (Lipinski definition) is 7. The number of amides is 2. The number of ether oxygens (including phenoxy) is 1. The van der Waals surface area contributed by atoms with Crippen molar-refractivity contribution in [1.29, 1.82) is 0 Å². The maximum absolute atomic E-state index is 12.1. The molecule has 3 rings (SSSR count). The van der Waals surface area contributed by atoms with Gasteiger partial charge in [0.15, 0.2) is 11.8 Å². The number of aromatic nitrogens is 2. The van der Waals surface area contributed by atoms with Crippen molar-refractivity contribution in [3.8, 4) is 5.75 Å². The summed E-state index contributed by atoms with van der Waals surface area (Å²) in [6.07, 6.45) is 1.54. The van der Waals surface area contributed by atoms with E-state index < -0.39 is 0 Å². The molecule has 0 aliphatic rings. The van der Waals surface area contributed by atoms with E-state index in [9.17, 15) is 9.59 Å². The zero-order valence-corrected chi connectivity index (χ0v) is 20.1. The maximum Gasteiger partial charge on any atom is 0.258 e. The van der Waals surface area contributed by atoms with Crippen LogP contribution >= 0.6 is 11.8 Å². The van der Waals surface area contributed by atoms with E-state index in [1.54, 1.807) is 24.3 Å². The van der Waals surface area contributed by atoms with Gasteiger partial charge in [-0.15, -0.1) is 0 Å². The van der Waals surface area contributed by atoms with Crippen molar-refractivity contribution >= 4 is 29.8 Å². The molecule has 8 nitrogen and oxygen atoms in total. The van der Waals surface area contributed by atoms with Crippen molar-refractivity contribution in [3.05, 3.63) is 83.2 Å². The predicted octanol–water partition coefficient (Wildman–Crippen LogP) is 3.59. The second-order valence-electron chi connectivity index (χ2n) is 7.57. The Balaban J connectivity index is 1.39. The maximum atomic E-state index is 12.1. The Labute approximate surface area is 203 Å². The molecule has 2 N–H and O–H groups in total. The lowest BCUT2D eigenvalue weighted by atomic mass is 10.1. The number of carbonyl (C=O) groups excluding carboxylic acids is 2. The van der Waals surface area contributed by atoms with Crippen LogP contribution in [0.4, 0.5) is 0 Å². The molecule has 2 amide bonds. The lowest BCUT2D eigenvalue weighted by Gasteiger charge is -2.14. The van der Waals surface area contributed by atoms with E-state index in [2.05, 4.69) is 25.8 Å². The van der Waals surface area contributed by atoms with Crippen LogP contribution in [0.15, 0.2) is 70.9 Å². The first-order chi connectivity index (χ1) is 16.4. The fraction of sp³-hybridized carbons (Fsp3) is 0.240. The van der Waals surface area contributed by atoms with E-state index in [-0.39, 0.29) is 30.2 Å². The Morgan fingerprint density at radius 1 is 1.03 bits per heavy atom. The van der Waals surface area contributed by atoms with E-state index >= 15 is 0 Å². The molecule has 3 aromatic rings. The van der Waals surface area contributed by atoms with Crippen LogP contribution in [0.5, 0.6) is 5.75 Å². The van der Waals surface area contributed by atoms with Crippen molar-refractivity contribution in [1.82, 2.24) is 20.7 Å². The Bertz CT molecular complexity index is 1120. The summed E-state index contributed by atoms with van der Waals surface area (Å²) < 4.78 is 5.55. The van der Waals surface area contributed by atoms with Crippen molar-refractivity contribution < 1.29 is 14.3 Å². The number of thioether (sulfide) groups is 1. The highest BCUT2D eigenvalue weighted by Gasteiger charge is 2.10. The topological polar surface area (TPSA) is 106 Å². The van der Waals surface area contributed by atoms with E-state index in [1.807, 2.05) is 57.2 Å². The molecule has 0 spiro atoms. The van der Waals surface area contributed by atoms with Crippen LogP contribution in [0.3, 0.4) is 0 Å². The fourth-order valence-electron chi connectivity index (χ4n) is 3.01. The minimum atomic E-state index is -0.250. The number of nitrogens with one attached hydrogen (secondary N) is 2. The lowest BCUT2D eigenvalue weighted by molar-refractivity contribution is -0.123. The Kier molecular flexibility index (Phi) is 9.16. The molecule has 0 radical (unpaired) electrons. The third-order valence-corrected chi connectivity index (χ3v) is 5.47. The smallest absolute Gasteiger partial charge is 0.258 e. The molecule has 0 fully saturated rings. The van der Waals surface area contributed by atoms with E-state index in [4.69, 9.17) is 4.74 Å². The zero-order valence-electron chi connectivity index (χ0n) is 19.3. The second-order valence-corrected chi connectivity index (χ2v) is 8.52. The molecule has 0 aliphatic heterocycles. The van der Waals surface area contributed by atoms with Crippen molar-refractivity contribution in [2.45, 2.75) is 32.0 Å². The summed E-state index contributed by atoms with van der Waals surface area (Å²) in [5.74, 6) is 0.278. The molecular weight excluding hydrogens is 450 g/mol. The molecular formula is C25H27N5O3S. The quantitative estimate of drug-likeness (QED) is 0.200. The van der Waals surface area contributed by atoms with Gasteiger partial charge >= 0.3 is 0 Å². The van der Waals surface area contributed by atoms with Gasteiger partial charge < -0.3 is 10.1 Å². The summed E-state index contributed by atoms with van der Waals surface area (Å²) in [6.45, 7) is 5.63. The highest BCUT2D eigenvalue weighted by atomic mass is 32.2. The number of rotatable bonds is 10. The number of aryl methyl sites for hydroxylation is 2. The van der Waals surface area contributed by atoms with Crippen molar-refractivity contribution in [3.63, 3.8) is 0 Å². The molecule has 1 aromatic heterocycles. The standard InChI is InChI=1S/C25H27N5O3S/c1-17-13-18(2)28-25(27-17)34-16-24(32)30-26-14-20-9-11-22(12-10-20)33-15-23(31)29-19(3)21-7-5-4-6-8-21/h4-14,19H,15-16H2,1-3H3,(H,29,31)(H,30,32)/b26-14-/t19-/m1/s1. The molecule has 176 valence electrons. The average molecular weight is 478 g/mol. The monoisotopic (exact) mass is 477 g/mol. The molecule has 0 bridgehead atoms. The zero-order chi connectivity index (χ0) is 24.3. The van der Waals surface area contributed by atoms with Gasteiger partial charge in [-0.25, -0.2) is 15.4 Å². The number of nitrogens with zero attached hydrogens (tertiary/aromatic N) is 3. The van der Waals surface area contributed by atoms with Gasteiger partial charge in [0, 0.05) is 11.4 Å². The summed E-state index contributed by atoms with van der Waals surface area (Å²) >= 11 is 1.26. The van der Waals surface area contributed by atoms with E-state index in [0.717, 1.165) is 22.5 Å². The van der Waals surface area contributed by atoms with Gasteiger partial charge in [0.2, 0.25) is 0 Å². The van der Waals surface area contributed by atoms with Crippen LogP contribution in [0.1, 0.15) is 35.5 Å². The highest BCUT2D eigenvalue weighted by Crippen LogP contribution is 2.14. The van der Waals surface area contributed by atoms with Crippen LogP contribution in [-0.2, 0) is 9.59 Å². The molecule has 0 saturated heterocycles. The van der Waals surface area contributed by atoms with Gasteiger partial charge in [-0.3, -0.25) is 9.59 Å². The molecule has 0 unspecified atom stereocenters. The first-order valence-corrected chi connectivity index (χ1v) is 11.7. The first-order valence-electron chi connectivity index (χ1n) is 10.7. The largest absolute Gasteiger partial charge is 0.484 e. The van der Waals surface area contributed by atoms with E-state index in [0.29, 0.717) is 10.9 Å².